The van der Waals surface area contributed by atoms with Crippen molar-refractivity contribution in [2.24, 2.45) is 0 Å². The molecular formula is C14H16O6S2. The Kier molecular flexibility index (Phi) is 4.57. The maximum absolute atomic E-state index is 12.1. The van der Waals surface area contributed by atoms with E-state index in [1.807, 2.05) is 0 Å². The number of hydrogen-bond acceptors (Lipinski definition) is 5. The van der Waals surface area contributed by atoms with Gasteiger partial charge in [0.15, 0.2) is 0 Å². The van der Waals surface area contributed by atoms with E-state index in [0.717, 1.165) is 11.6 Å². The van der Waals surface area contributed by atoms with E-state index < -0.39 is 30.9 Å². The van der Waals surface area contributed by atoms with Crippen molar-refractivity contribution in [2.75, 3.05) is 0 Å². The van der Waals surface area contributed by atoms with Crippen LogP contribution in [0.4, 0.5) is 0 Å². The van der Waals surface area contributed by atoms with Crippen molar-refractivity contribution in [3.05, 3.63) is 59.7 Å². The summed E-state index contributed by atoms with van der Waals surface area (Å²) in [4.78, 5) is -2.31. The fourth-order valence-corrected chi connectivity index (χ4v) is 4.42. The molecule has 0 saturated heterocycles. The molecule has 1 aromatic rings. The smallest absolute Gasteiger partial charge is 0.283 e. The lowest BCUT2D eigenvalue weighted by Crippen LogP contribution is -2.42. The van der Waals surface area contributed by atoms with E-state index in [1.54, 1.807) is 37.3 Å². The molecule has 0 spiro atoms. The first-order chi connectivity index (χ1) is 10.1. The third kappa shape index (κ3) is 3.83. The van der Waals surface area contributed by atoms with Gasteiger partial charge in [0.05, 0.1) is 0 Å². The topological polar surface area (TPSA) is 97.7 Å². The van der Waals surface area contributed by atoms with Gasteiger partial charge in [-0.15, -0.1) is 0 Å². The van der Waals surface area contributed by atoms with Gasteiger partial charge >= 0.3 is 10.1 Å². The minimum atomic E-state index is -4.77. The molecule has 0 heterocycles. The van der Waals surface area contributed by atoms with E-state index in [4.69, 9.17) is 4.18 Å². The standard InChI is InChI=1S/C14H16O6S2/c1-12-7-9-14(10-8-12,22(17,18)19)20-21(15,16)11-13-5-3-2-4-6-13/h2-9H,10-11H2,1H3,(H,17,18,19). The zero-order valence-electron chi connectivity index (χ0n) is 11.8. The van der Waals surface area contributed by atoms with Gasteiger partial charge in [-0.3, -0.25) is 4.55 Å². The molecule has 1 unspecified atom stereocenters. The van der Waals surface area contributed by atoms with Crippen LogP contribution in [-0.2, 0) is 30.2 Å². The van der Waals surface area contributed by atoms with E-state index in [9.17, 15) is 21.4 Å². The Balaban J connectivity index is 2.31. The molecule has 0 radical (unpaired) electrons. The minimum absolute atomic E-state index is 0.276. The summed E-state index contributed by atoms with van der Waals surface area (Å²) in [6.07, 6.45) is 3.67. The molecule has 0 aliphatic heterocycles. The molecule has 0 fully saturated rings. The van der Waals surface area contributed by atoms with Crippen molar-refractivity contribution in [1.82, 2.24) is 0 Å². The van der Waals surface area contributed by atoms with Crippen molar-refractivity contribution in [3.8, 4) is 0 Å². The molecule has 1 aromatic carbocycles. The first-order valence-electron chi connectivity index (χ1n) is 6.44. The van der Waals surface area contributed by atoms with Gasteiger partial charge in [0.2, 0.25) is 4.93 Å². The summed E-state index contributed by atoms with van der Waals surface area (Å²) in [5.74, 6) is -0.484. The fourth-order valence-electron chi connectivity index (χ4n) is 2.02. The van der Waals surface area contributed by atoms with Crippen molar-refractivity contribution in [3.63, 3.8) is 0 Å². The maximum atomic E-state index is 12.1. The van der Waals surface area contributed by atoms with Crippen LogP contribution in [0.1, 0.15) is 18.9 Å². The summed E-state index contributed by atoms with van der Waals surface area (Å²) in [7, 11) is -8.98. The van der Waals surface area contributed by atoms with Gasteiger partial charge in [-0.2, -0.15) is 16.8 Å². The Labute approximate surface area is 130 Å². The molecule has 1 N–H and O–H groups in total. The van der Waals surface area contributed by atoms with Crippen LogP contribution in [0.25, 0.3) is 0 Å². The van der Waals surface area contributed by atoms with Gasteiger partial charge in [0.1, 0.15) is 5.75 Å². The second-order valence-corrected chi connectivity index (χ2v) is 8.26. The Hall–Kier alpha value is -1.48. The first-order valence-corrected chi connectivity index (χ1v) is 9.46. The highest BCUT2D eigenvalue weighted by Gasteiger charge is 2.46. The van der Waals surface area contributed by atoms with Crippen LogP contribution in [0.15, 0.2) is 54.1 Å². The van der Waals surface area contributed by atoms with Gasteiger partial charge in [-0.05, 0) is 18.6 Å². The molecule has 1 atom stereocenters. The molecule has 22 heavy (non-hydrogen) atoms. The first kappa shape index (κ1) is 16.9. The molecule has 0 amide bonds. The summed E-state index contributed by atoms with van der Waals surface area (Å²) in [6.45, 7) is 1.73. The summed E-state index contributed by atoms with van der Waals surface area (Å²) in [6, 6.07) is 8.23. The SMILES string of the molecule is CC1=CCC(OS(=O)(=O)Cc2ccccc2)(S(=O)(=O)O)C=C1. The quantitative estimate of drug-likeness (QED) is 0.648. The van der Waals surface area contributed by atoms with Crippen LogP contribution in [-0.4, -0.2) is 26.3 Å². The molecule has 120 valence electrons. The zero-order valence-corrected chi connectivity index (χ0v) is 13.5. The lowest BCUT2D eigenvalue weighted by molar-refractivity contribution is 0.195. The predicted molar refractivity (Wildman–Crippen MR) is 81.9 cm³/mol. The molecule has 1 aliphatic carbocycles. The van der Waals surface area contributed by atoms with Gasteiger partial charge in [0, 0.05) is 6.42 Å². The van der Waals surface area contributed by atoms with E-state index in [1.165, 1.54) is 12.2 Å². The average Bonchev–Trinajstić information content (AvgIpc) is 2.40. The molecular weight excluding hydrogens is 328 g/mol. The molecule has 0 saturated carbocycles. The number of allylic oxidation sites excluding steroid dienone is 2. The van der Waals surface area contributed by atoms with Crippen LogP contribution in [0.2, 0.25) is 0 Å². The van der Waals surface area contributed by atoms with Crippen molar-refractivity contribution in [2.45, 2.75) is 24.0 Å². The Morgan fingerprint density at radius 3 is 2.32 bits per heavy atom. The second-order valence-electron chi connectivity index (χ2n) is 5.04. The summed E-state index contributed by atoms with van der Waals surface area (Å²) >= 11 is 0. The third-order valence-electron chi connectivity index (χ3n) is 3.20. The lowest BCUT2D eigenvalue weighted by atomic mass is 10.1. The summed E-state index contributed by atoms with van der Waals surface area (Å²) in [5, 5.41) is 0. The summed E-state index contributed by atoms with van der Waals surface area (Å²) in [5.41, 5.74) is 1.21. The summed E-state index contributed by atoms with van der Waals surface area (Å²) < 4.78 is 61.9. The van der Waals surface area contributed by atoms with Crippen molar-refractivity contribution >= 4 is 20.2 Å². The van der Waals surface area contributed by atoms with E-state index in [0.29, 0.717) is 5.56 Å². The monoisotopic (exact) mass is 344 g/mol. The van der Waals surface area contributed by atoms with Crippen molar-refractivity contribution in [1.29, 1.82) is 0 Å². The van der Waals surface area contributed by atoms with Gasteiger partial charge in [-0.25, -0.2) is 4.18 Å². The highest BCUT2D eigenvalue weighted by molar-refractivity contribution is 7.89. The Morgan fingerprint density at radius 1 is 1.18 bits per heavy atom. The van der Waals surface area contributed by atoms with E-state index in [-0.39, 0.29) is 6.42 Å². The highest BCUT2D eigenvalue weighted by atomic mass is 32.2. The molecule has 0 bridgehead atoms. The number of hydrogen-bond donors (Lipinski definition) is 1. The third-order valence-corrected chi connectivity index (χ3v) is 5.80. The second kappa shape index (κ2) is 5.96. The molecule has 0 aromatic heterocycles. The maximum Gasteiger partial charge on any atom is 0.300 e. The predicted octanol–water partition coefficient (Wildman–Crippen LogP) is 2.02. The van der Waals surface area contributed by atoms with Crippen LogP contribution in [0.5, 0.6) is 0 Å². The van der Waals surface area contributed by atoms with E-state index in [2.05, 4.69) is 0 Å². The fraction of sp³-hybridized carbons (Fsp3) is 0.286. The van der Waals surface area contributed by atoms with E-state index >= 15 is 0 Å². The highest BCUT2D eigenvalue weighted by Crippen LogP contribution is 2.32. The minimum Gasteiger partial charge on any atom is -0.283 e. The molecule has 6 nitrogen and oxygen atoms in total. The molecule has 1 aliphatic rings. The Morgan fingerprint density at radius 2 is 1.82 bits per heavy atom. The van der Waals surface area contributed by atoms with Crippen LogP contribution in [0, 0.1) is 0 Å². The van der Waals surface area contributed by atoms with Gasteiger partial charge in [-0.1, -0.05) is 48.1 Å². The van der Waals surface area contributed by atoms with Gasteiger partial charge < -0.3 is 0 Å². The van der Waals surface area contributed by atoms with Crippen LogP contribution in [0.3, 0.4) is 0 Å². The lowest BCUT2D eigenvalue weighted by Gasteiger charge is -2.28. The normalized spacial score (nSPS) is 22.4. The number of rotatable bonds is 5. The Bertz CT molecular complexity index is 806. The average molecular weight is 344 g/mol. The van der Waals surface area contributed by atoms with Gasteiger partial charge in [0.25, 0.3) is 10.1 Å². The molecule has 8 heteroatoms. The van der Waals surface area contributed by atoms with Crippen LogP contribution < -0.4 is 0 Å². The zero-order chi connectivity index (χ0) is 16.4. The largest absolute Gasteiger partial charge is 0.300 e. The number of benzene rings is 1. The van der Waals surface area contributed by atoms with Crippen molar-refractivity contribution < 1.29 is 25.6 Å². The van der Waals surface area contributed by atoms with Crippen LogP contribution >= 0.6 is 0 Å². The molecule has 2 rings (SSSR count).